The molecule has 1 aromatic rings. The number of hydrogen-bond donors (Lipinski definition) is 1. The summed E-state index contributed by atoms with van der Waals surface area (Å²) in [5.41, 5.74) is 9.49. The Morgan fingerprint density at radius 3 is 2.73 bits per heavy atom. The molecule has 0 spiro atoms. The minimum atomic E-state index is -0.360. The van der Waals surface area contributed by atoms with Crippen molar-refractivity contribution in [1.29, 1.82) is 0 Å². The molecule has 2 N–H and O–H groups in total. The number of fused-ring (bicyclic) bond motifs is 1. The highest BCUT2D eigenvalue weighted by Crippen LogP contribution is 2.34. The van der Waals surface area contributed by atoms with Crippen LogP contribution in [0.5, 0.6) is 5.75 Å². The van der Waals surface area contributed by atoms with Gasteiger partial charge < -0.3 is 15.4 Å². The first-order valence-electron chi connectivity index (χ1n) is 7.67. The zero-order valence-corrected chi connectivity index (χ0v) is 14.3. The number of nitrogens with zero attached hydrogens (tertiary/aromatic N) is 1. The number of carbonyl (C=O) groups is 1. The molecule has 22 heavy (non-hydrogen) atoms. The van der Waals surface area contributed by atoms with Gasteiger partial charge in [0.25, 0.3) is 5.91 Å². The van der Waals surface area contributed by atoms with Gasteiger partial charge in [0, 0.05) is 19.5 Å². The van der Waals surface area contributed by atoms with Crippen LogP contribution in [0.2, 0.25) is 0 Å². The van der Waals surface area contributed by atoms with Gasteiger partial charge in [0.2, 0.25) is 0 Å². The lowest BCUT2D eigenvalue weighted by molar-refractivity contribution is -0.137. The summed E-state index contributed by atoms with van der Waals surface area (Å²) in [6.07, 6.45) is 1.31. The Hall–Kier alpha value is -1.26. The first kappa shape index (κ1) is 17.1. The predicted molar refractivity (Wildman–Crippen MR) is 89.6 cm³/mol. The molecular weight excluding hydrogens is 300 g/mol. The highest BCUT2D eigenvalue weighted by Gasteiger charge is 2.39. The number of likely N-dealkylation sites (tertiary alicyclic amines) is 1. The average molecular weight is 325 g/mol. The summed E-state index contributed by atoms with van der Waals surface area (Å²) < 4.78 is 5.90. The Labute approximate surface area is 138 Å². The molecule has 5 heteroatoms. The Morgan fingerprint density at radius 2 is 2.09 bits per heavy atom. The van der Waals surface area contributed by atoms with E-state index >= 15 is 0 Å². The summed E-state index contributed by atoms with van der Waals surface area (Å²) >= 11 is 0. The normalized spacial score (nSPS) is 26.4. The number of carbonyl (C=O) groups excluding carboxylic acids is 1. The second-order valence-electron chi connectivity index (χ2n) is 6.88. The molecule has 2 heterocycles. The lowest BCUT2D eigenvalue weighted by Crippen LogP contribution is -2.41. The summed E-state index contributed by atoms with van der Waals surface area (Å²) in [6.45, 7) is 8.48. The van der Waals surface area contributed by atoms with E-state index in [0.717, 1.165) is 30.8 Å². The molecule has 0 bridgehead atoms. The van der Waals surface area contributed by atoms with Crippen LogP contribution in [-0.2, 0) is 11.2 Å². The second kappa shape index (κ2) is 6.09. The van der Waals surface area contributed by atoms with Crippen LogP contribution in [0.25, 0.3) is 0 Å². The third-order valence-corrected chi connectivity index (χ3v) is 4.99. The monoisotopic (exact) mass is 324 g/mol. The quantitative estimate of drug-likeness (QED) is 0.907. The van der Waals surface area contributed by atoms with E-state index in [4.69, 9.17) is 10.5 Å². The van der Waals surface area contributed by atoms with Crippen LogP contribution in [0, 0.1) is 19.3 Å². The van der Waals surface area contributed by atoms with Crippen LogP contribution in [0.1, 0.15) is 30.0 Å². The fourth-order valence-electron chi connectivity index (χ4n) is 3.23. The fourth-order valence-corrected chi connectivity index (χ4v) is 3.23. The molecule has 2 atom stereocenters. The smallest absolute Gasteiger partial charge is 0.264 e. The van der Waals surface area contributed by atoms with Crippen LogP contribution < -0.4 is 10.5 Å². The molecular formula is C17H25ClN2O2. The van der Waals surface area contributed by atoms with Crippen LogP contribution in [0.3, 0.4) is 0 Å². The lowest BCUT2D eigenvalue weighted by Gasteiger charge is -2.24. The van der Waals surface area contributed by atoms with E-state index in [-0.39, 0.29) is 29.8 Å². The number of rotatable bonds is 2. The third-order valence-electron chi connectivity index (χ3n) is 4.99. The van der Waals surface area contributed by atoms with Gasteiger partial charge in [-0.2, -0.15) is 0 Å². The fraction of sp³-hybridized carbons (Fsp3) is 0.588. The summed E-state index contributed by atoms with van der Waals surface area (Å²) in [6, 6.07) is 4.19. The maximum atomic E-state index is 12.6. The van der Waals surface area contributed by atoms with Gasteiger partial charge in [-0.25, -0.2) is 0 Å². The number of halogens is 1. The van der Waals surface area contributed by atoms with Gasteiger partial charge in [-0.05, 0) is 55.0 Å². The van der Waals surface area contributed by atoms with Gasteiger partial charge in [-0.15, -0.1) is 12.4 Å². The van der Waals surface area contributed by atoms with E-state index in [2.05, 4.69) is 26.8 Å². The lowest BCUT2D eigenvalue weighted by atomic mass is 9.90. The van der Waals surface area contributed by atoms with E-state index in [1.807, 2.05) is 11.0 Å². The molecule has 3 rings (SSSR count). The maximum absolute atomic E-state index is 12.6. The van der Waals surface area contributed by atoms with Crippen molar-refractivity contribution in [2.24, 2.45) is 11.1 Å². The van der Waals surface area contributed by atoms with Crippen molar-refractivity contribution in [3.05, 3.63) is 28.8 Å². The molecule has 2 unspecified atom stereocenters. The second-order valence-corrected chi connectivity index (χ2v) is 6.88. The SMILES string of the molecule is Cc1cc2c(cc1C)OC(C(=O)N1CCC(C)(CN)C1)C2.Cl. The maximum Gasteiger partial charge on any atom is 0.264 e. The average Bonchev–Trinajstić information content (AvgIpc) is 3.03. The van der Waals surface area contributed by atoms with Gasteiger partial charge in [0.15, 0.2) is 6.10 Å². The van der Waals surface area contributed by atoms with Crippen LogP contribution in [0.15, 0.2) is 12.1 Å². The third kappa shape index (κ3) is 2.95. The van der Waals surface area contributed by atoms with Gasteiger partial charge in [0.1, 0.15) is 5.75 Å². The number of aryl methyl sites for hydroxylation is 2. The van der Waals surface area contributed by atoms with E-state index in [9.17, 15) is 4.79 Å². The molecule has 4 nitrogen and oxygen atoms in total. The summed E-state index contributed by atoms with van der Waals surface area (Å²) in [5, 5.41) is 0. The van der Waals surface area contributed by atoms with Gasteiger partial charge >= 0.3 is 0 Å². The highest BCUT2D eigenvalue weighted by molar-refractivity contribution is 5.85. The van der Waals surface area contributed by atoms with Gasteiger partial charge in [-0.1, -0.05) is 13.0 Å². The molecule has 0 aromatic heterocycles. The van der Waals surface area contributed by atoms with E-state index in [1.54, 1.807) is 0 Å². The first-order valence-corrected chi connectivity index (χ1v) is 7.67. The van der Waals surface area contributed by atoms with Crippen molar-refractivity contribution >= 4 is 18.3 Å². The number of amides is 1. The summed E-state index contributed by atoms with van der Waals surface area (Å²) in [4.78, 5) is 14.6. The van der Waals surface area contributed by atoms with Crippen molar-refractivity contribution in [3.63, 3.8) is 0 Å². The number of benzene rings is 1. The molecule has 1 fully saturated rings. The van der Waals surface area contributed by atoms with Crippen molar-refractivity contribution in [3.8, 4) is 5.75 Å². The van der Waals surface area contributed by atoms with E-state index in [1.165, 1.54) is 11.1 Å². The molecule has 1 saturated heterocycles. The van der Waals surface area contributed by atoms with Crippen molar-refractivity contribution < 1.29 is 9.53 Å². The molecule has 2 aliphatic heterocycles. The zero-order chi connectivity index (χ0) is 15.2. The van der Waals surface area contributed by atoms with Crippen LogP contribution in [0.4, 0.5) is 0 Å². The Morgan fingerprint density at radius 1 is 1.41 bits per heavy atom. The van der Waals surface area contributed by atoms with Gasteiger partial charge in [-0.3, -0.25) is 4.79 Å². The molecule has 1 amide bonds. The zero-order valence-electron chi connectivity index (χ0n) is 13.5. The molecule has 1 aromatic carbocycles. The first-order chi connectivity index (χ1) is 9.92. The van der Waals surface area contributed by atoms with Crippen molar-refractivity contribution in [1.82, 2.24) is 4.90 Å². The minimum absolute atomic E-state index is 0. The molecule has 2 aliphatic rings. The Balaban J connectivity index is 0.00000176. The van der Waals surface area contributed by atoms with Crippen LogP contribution >= 0.6 is 12.4 Å². The standard InChI is InChI=1S/C17H24N2O2.ClH/c1-11-6-13-8-15(21-14(13)7-12(11)2)16(20)19-5-4-17(3,9-18)10-19;/h6-7,15H,4-5,8-10,18H2,1-3H3;1H. The molecule has 122 valence electrons. The van der Waals surface area contributed by atoms with E-state index in [0.29, 0.717) is 13.0 Å². The van der Waals surface area contributed by atoms with Crippen molar-refractivity contribution in [2.75, 3.05) is 19.6 Å². The summed E-state index contributed by atoms with van der Waals surface area (Å²) in [7, 11) is 0. The topological polar surface area (TPSA) is 55.6 Å². The largest absolute Gasteiger partial charge is 0.480 e. The predicted octanol–water partition coefficient (Wildman–Crippen LogP) is 2.23. The van der Waals surface area contributed by atoms with E-state index < -0.39 is 0 Å². The van der Waals surface area contributed by atoms with Gasteiger partial charge in [0.05, 0.1) is 0 Å². The highest BCUT2D eigenvalue weighted by atomic mass is 35.5. The molecule has 0 saturated carbocycles. The number of ether oxygens (including phenoxy) is 1. The summed E-state index contributed by atoms with van der Waals surface area (Å²) in [5.74, 6) is 0.982. The Bertz CT molecular complexity index is 559. The van der Waals surface area contributed by atoms with Crippen molar-refractivity contribution in [2.45, 2.75) is 39.7 Å². The minimum Gasteiger partial charge on any atom is -0.480 e. The number of hydrogen-bond acceptors (Lipinski definition) is 3. The Kier molecular flexibility index (Phi) is 4.73. The molecule has 0 aliphatic carbocycles. The molecule has 0 radical (unpaired) electrons. The van der Waals surface area contributed by atoms with Crippen LogP contribution in [-0.4, -0.2) is 36.5 Å². The number of nitrogens with two attached hydrogens (primary N) is 1.